The van der Waals surface area contributed by atoms with Crippen LogP contribution in [0.25, 0.3) is 6.08 Å². The van der Waals surface area contributed by atoms with Crippen molar-refractivity contribution in [1.82, 2.24) is 0 Å². The molecule has 1 aliphatic rings. The number of hydrogen-bond acceptors (Lipinski definition) is 6. The van der Waals surface area contributed by atoms with Crippen molar-refractivity contribution in [3.05, 3.63) is 101 Å². The van der Waals surface area contributed by atoms with E-state index in [1.807, 2.05) is 6.92 Å². The Morgan fingerprint density at radius 3 is 2.15 bits per heavy atom. The standard InChI is InChI=1S/C30H27FN2O6/c1-4-38-24-15-11-23(12-16-24)33-19(2)28(30(36)37-3)26(29(33)35)17-20-5-13-25(14-6-20)39-18-27(34)32-22-9-7-21(31)8-10-22/h5-17H,4,18H2,1-3H3,(H,32,34)/b26-17-. The van der Waals surface area contributed by atoms with Gasteiger partial charge in [-0.1, -0.05) is 12.1 Å². The fourth-order valence-electron chi connectivity index (χ4n) is 4.06. The van der Waals surface area contributed by atoms with Crippen molar-refractivity contribution in [2.24, 2.45) is 0 Å². The van der Waals surface area contributed by atoms with Crippen LogP contribution in [0.1, 0.15) is 19.4 Å². The average Bonchev–Trinajstić information content (AvgIpc) is 3.18. The summed E-state index contributed by atoms with van der Waals surface area (Å²) in [5, 5.41) is 2.62. The van der Waals surface area contributed by atoms with E-state index in [0.717, 1.165) is 0 Å². The molecule has 0 spiro atoms. The Labute approximate surface area is 225 Å². The highest BCUT2D eigenvalue weighted by atomic mass is 19.1. The summed E-state index contributed by atoms with van der Waals surface area (Å²) in [6.07, 6.45) is 1.61. The molecule has 0 aliphatic carbocycles. The Morgan fingerprint density at radius 1 is 0.923 bits per heavy atom. The van der Waals surface area contributed by atoms with Crippen molar-refractivity contribution in [3.63, 3.8) is 0 Å². The molecule has 0 unspecified atom stereocenters. The smallest absolute Gasteiger partial charge is 0.340 e. The SMILES string of the molecule is CCOc1ccc(N2C(=O)/C(=C\c3ccc(OCC(=O)Nc4ccc(F)cc4)cc3)C(C(=O)OC)=C2C)cc1. The van der Waals surface area contributed by atoms with Gasteiger partial charge in [0, 0.05) is 17.1 Å². The molecule has 1 aliphatic heterocycles. The van der Waals surface area contributed by atoms with Gasteiger partial charge in [0.25, 0.3) is 11.8 Å². The van der Waals surface area contributed by atoms with Gasteiger partial charge in [-0.3, -0.25) is 14.5 Å². The molecule has 3 aromatic carbocycles. The lowest BCUT2D eigenvalue weighted by Gasteiger charge is -2.18. The van der Waals surface area contributed by atoms with Gasteiger partial charge < -0.3 is 19.5 Å². The molecule has 4 rings (SSSR count). The quantitative estimate of drug-likeness (QED) is 0.305. The molecule has 0 saturated heterocycles. The molecule has 0 saturated carbocycles. The van der Waals surface area contributed by atoms with Gasteiger partial charge in [-0.25, -0.2) is 9.18 Å². The predicted octanol–water partition coefficient (Wildman–Crippen LogP) is 5.12. The third kappa shape index (κ3) is 6.32. The zero-order valence-corrected chi connectivity index (χ0v) is 21.7. The molecule has 9 heteroatoms. The molecule has 1 heterocycles. The van der Waals surface area contributed by atoms with Gasteiger partial charge in [-0.15, -0.1) is 0 Å². The zero-order chi connectivity index (χ0) is 27.9. The van der Waals surface area contributed by atoms with E-state index in [2.05, 4.69) is 5.32 Å². The Hall–Kier alpha value is -4.92. The first-order valence-electron chi connectivity index (χ1n) is 12.2. The van der Waals surface area contributed by atoms with E-state index in [1.165, 1.54) is 36.3 Å². The van der Waals surface area contributed by atoms with Crippen molar-refractivity contribution in [2.75, 3.05) is 30.5 Å². The molecule has 1 N–H and O–H groups in total. The third-order valence-corrected chi connectivity index (χ3v) is 5.88. The number of ether oxygens (including phenoxy) is 3. The Kier molecular flexibility index (Phi) is 8.40. The van der Waals surface area contributed by atoms with E-state index in [9.17, 15) is 18.8 Å². The molecule has 39 heavy (non-hydrogen) atoms. The van der Waals surface area contributed by atoms with Crippen molar-refractivity contribution in [2.45, 2.75) is 13.8 Å². The summed E-state index contributed by atoms with van der Waals surface area (Å²) in [5.74, 6) is -0.676. The van der Waals surface area contributed by atoms with E-state index in [0.29, 0.717) is 40.7 Å². The summed E-state index contributed by atoms with van der Waals surface area (Å²) in [5.41, 5.74) is 2.51. The molecule has 0 fully saturated rings. The second-order valence-corrected chi connectivity index (χ2v) is 8.49. The minimum Gasteiger partial charge on any atom is -0.494 e. The van der Waals surface area contributed by atoms with Gasteiger partial charge in [-0.05, 0) is 86.2 Å². The molecule has 8 nitrogen and oxygen atoms in total. The van der Waals surface area contributed by atoms with E-state index in [-0.39, 0.29) is 23.7 Å². The van der Waals surface area contributed by atoms with Crippen LogP contribution in [0.4, 0.5) is 15.8 Å². The fourth-order valence-corrected chi connectivity index (χ4v) is 4.06. The number of hydrogen-bond donors (Lipinski definition) is 1. The number of rotatable bonds is 9. The zero-order valence-electron chi connectivity index (χ0n) is 21.7. The maximum absolute atomic E-state index is 13.5. The Bertz CT molecular complexity index is 1430. The van der Waals surface area contributed by atoms with Crippen molar-refractivity contribution < 1.29 is 33.0 Å². The maximum Gasteiger partial charge on any atom is 0.340 e. The first kappa shape index (κ1) is 27.1. The molecular formula is C30H27FN2O6. The van der Waals surface area contributed by atoms with E-state index >= 15 is 0 Å². The normalized spacial score (nSPS) is 14.0. The lowest BCUT2D eigenvalue weighted by Crippen LogP contribution is -2.24. The van der Waals surface area contributed by atoms with Gasteiger partial charge >= 0.3 is 5.97 Å². The largest absolute Gasteiger partial charge is 0.494 e. The van der Waals surface area contributed by atoms with Crippen LogP contribution in [-0.2, 0) is 19.1 Å². The summed E-state index contributed by atoms with van der Waals surface area (Å²) in [6, 6.07) is 19.1. The van der Waals surface area contributed by atoms with Crippen molar-refractivity contribution in [1.29, 1.82) is 0 Å². The van der Waals surface area contributed by atoms with E-state index in [4.69, 9.17) is 14.2 Å². The molecule has 0 bridgehead atoms. The number of allylic oxidation sites excluding steroid dienone is 1. The molecule has 0 atom stereocenters. The number of carbonyl (C=O) groups is 3. The lowest BCUT2D eigenvalue weighted by molar-refractivity contribution is -0.136. The summed E-state index contributed by atoms with van der Waals surface area (Å²) in [7, 11) is 1.27. The Morgan fingerprint density at radius 2 is 1.54 bits per heavy atom. The van der Waals surface area contributed by atoms with Gasteiger partial charge in [0.2, 0.25) is 0 Å². The van der Waals surface area contributed by atoms with E-state index < -0.39 is 17.7 Å². The van der Waals surface area contributed by atoms with Crippen LogP contribution >= 0.6 is 0 Å². The number of nitrogens with one attached hydrogen (secondary N) is 1. The predicted molar refractivity (Wildman–Crippen MR) is 145 cm³/mol. The minimum atomic E-state index is -0.618. The van der Waals surface area contributed by atoms with Crippen LogP contribution in [0.5, 0.6) is 11.5 Å². The molecule has 2 amide bonds. The average molecular weight is 531 g/mol. The second kappa shape index (κ2) is 12.1. The molecular weight excluding hydrogens is 503 g/mol. The summed E-state index contributed by atoms with van der Waals surface area (Å²) < 4.78 is 29.0. The van der Waals surface area contributed by atoms with Gasteiger partial charge in [0.15, 0.2) is 6.61 Å². The van der Waals surface area contributed by atoms with Crippen LogP contribution in [0.3, 0.4) is 0 Å². The van der Waals surface area contributed by atoms with Gasteiger partial charge in [0.05, 0.1) is 24.9 Å². The van der Waals surface area contributed by atoms with Crippen LogP contribution < -0.4 is 19.7 Å². The summed E-state index contributed by atoms with van der Waals surface area (Å²) in [4.78, 5) is 39.7. The minimum absolute atomic E-state index is 0.175. The fraction of sp³-hybridized carbons (Fsp3) is 0.167. The number of anilines is 2. The van der Waals surface area contributed by atoms with E-state index in [1.54, 1.807) is 61.5 Å². The highest BCUT2D eigenvalue weighted by Crippen LogP contribution is 2.36. The molecule has 200 valence electrons. The molecule has 0 radical (unpaired) electrons. The van der Waals surface area contributed by atoms with Crippen LogP contribution in [0.15, 0.2) is 89.6 Å². The van der Waals surface area contributed by atoms with Gasteiger partial charge in [-0.2, -0.15) is 0 Å². The first-order valence-corrected chi connectivity index (χ1v) is 12.2. The van der Waals surface area contributed by atoms with Crippen molar-refractivity contribution in [3.8, 4) is 11.5 Å². The maximum atomic E-state index is 13.5. The number of esters is 1. The summed E-state index contributed by atoms with van der Waals surface area (Å²) in [6.45, 7) is 3.85. The summed E-state index contributed by atoms with van der Waals surface area (Å²) >= 11 is 0. The Balaban J connectivity index is 1.49. The van der Waals surface area contributed by atoms with Crippen LogP contribution in [0, 0.1) is 5.82 Å². The number of carbonyl (C=O) groups excluding carboxylic acids is 3. The lowest BCUT2D eigenvalue weighted by atomic mass is 10.0. The number of nitrogens with zero attached hydrogens (tertiary/aromatic N) is 1. The first-order chi connectivity index (χ1) is 18.8. The number of halogens is 1. The van der Waals surface area contributed by atoms with Crippen molar-refractivity contribution >= 4 is 35.2 Å². The number of methoxy groups -OCH3 is 1. The monoisotopic (exact) mass is 530 g/mol. The third-order valence-electron chi connectivity index (χ3n) is 5.88. The molecule has 3 aromatic rings. The van der Waals surface area contributed by atoms with Crippen LogP contribution in [0.2, 0.25) is 0 Å². The number of benzene rings is 3. The molecule has 0 aromatic heterocycles. The highest BCUT2D eigenvalue weighted by Gasteiger charge is 2.37. The topological polar surface area (TPSA) is 94.2 Å². The number of amides is 2. The van der Waals surface area contributed by atoms with Crippen LogP contribution in [-0.4, -0.2) is 38.1 Å². The van der Waals surface area contributed by atoms with Gasteiger partial charge in [0.1, 0.15) is 17.3 Å². The second-order valence-electron chi connectivity index (χ2n) is 8.49. The highest BCUT2D eigenvalue weighted by molar-refractivity contribution is 6.23.